The zero-order valence-electron chi connectivity index (χ0n) is 9.38. The molecule has 84 valence electrons. The van der Waals surface area contributed by atoms with E-state index in [0.29, 0.717) is 0 Å². The van der Waals surface area contributed by atoms with Crippen molar-refractivity contribution in [3.05, 3.63) is 50.7 Å². The van der Waals surface area contributed by atoms with Gasteiger partial charge in [0.05, 0.1) is 0 Å². The summed E-state index contributed by atoms with van der Waals surface area (Å²) in [5, 5.41) is 4.18. The van der Waals surface area contributed by atoms with Crippen molar-refractivity contribution >= 4 is 28.6 Å². The van der Waals surface area contributed by atoms with Crippen LogP contribution in [0.5, 0.6) is 0 Å². The SMILES string of the molecule is Cc1ccc(CNc2ccc(C)c(Cl)c2)s1. The average Bonchev–Trinajstić information content (AvgIpc) is 2.66. The van der Waals surface area contributed by atoms with E-state index in [-0.39, 0.29) is 0 Å². The number of anilines is 1. The van der Waals surface area contributed by atoms with Crippen LogP contribution >= 0.6 is 22.9 Å². The second kappa shape index (κ2) is 4.89. The normalized spacial score (nSPS) is 10.4. The molecule has 0 saturated carbocycles. The highest BCUT2D eigenvalue weighted by atomic mass is 35.5. The van der Waals surface area contributed by atoms with Crippen molar-refractivity contribution in [2.24, 2.45) is 0 Å². The molecule has 0 radical (unpaired) electrons. The topological polar surface area (TPSA) is 12.0 Å². The van der Waals surface area contributed by atoms with Crippen molar-refractivity contribution < 1.29 is 0 Å². The summed E-state index contributed by atoms with van der Waals surface area (Å²) in [5.41, 5.74) is 2.18. The van der Waals surface area contributed by atoms with E-state index in [0.717, 1.165) is 22.8 Å². The van der Waals surface area contributed by atoms with Crippen molar-refractivity contribution in [2.75, 3.05) is 5.32 Å². The van der Waals surface area contributed by atoms with E-state index in [2.05, 4.69) is 30.4 Å². The molecule has 0 atom stereocenters. The van der Waals surface area contributed by atoms with Crippen LogP contribution in [0.3, 0.4) is 0 Å². The maximum absolute atomic E-state index is 6.06. The van der Waals surface area contributed by atoms with Crippen molar-refractivity contribution in [3.63, 3.8) is 0 Å². The molecule has 3 heteroatoms. The van der Waals surface area contributed by atoms with Gasteiger partial charge in [-0.3, -0.25) is 0 Å². The highest BCUT2D eigenvalue weighted by Gasteiger charge is 1.99. The van der Waals surface area contributed by atoms with Crippen molar-refractivity contribution in [3.8, 4) is 0 Å². The molecule has 2 rings (SSSR count). The Morgan fingerprint density at radius 2 is 2.00 bits per heavy atom. The number of rotatable bonds is 3. The fourth-order valence-electron chi connectivity index (χ4n) is 1.47. The van der Waals surface area contributed by atoms with Gasteiger partial charge in [0.1, 0.15) is 0 Å². The summed E-state index contributed by atoms with van der Waals surface area (Å²) in [6, 6.07) is 10.4. The van der Waals surface area contributed by atoms with Crippen LogP contribution in [0.1, 0.15) is 15.3 Å². The minimum absolute atomic E-state index is 0.812. The van der Waals surface area contributed by atoms with E-state index in [9.17, 15) is 0 Å². The first-order chi connectivity index (χ1) is 7.65. The van der Waals surface area contributed by atoms with Crippen LogP contribution in [0, 0.1) is 13.8 Å². The highest BCUT2D eigenvalue weighted by molar-refractivity contribution is 7.11. The number of halogens is 1. The second-order valence-electron chi connectivity index (χ2n) is 3.83. The standard InChI is InChI=1S/C13H14ClNS/c1-9-3-5-11(7-13(9)14)15-8-12-6-4-10(2)16-12/h3-7,15H,8H2,1-2H3. The van der Waals surface area contributed by atoms with E-state index in [1.54, 1.807) is 0 Å². The van der Waals surface area contributed by atoms with E-state index in [4.69, 9.17) is 11.6 Å². The lowest BCUT2D eigenvalue weighted by Gasteiger charge is -2.06. The lowest BCUT2D eigenvalue weighted by molar-refractivity contribution is 1.19. The van der Waals surface area contributed by atoms with Crippen LogP contribution in [0.15, 0.2) is 30.3 Å². The van der Waals surface area contributed by atoms with Crippen LogP contribution in [0.2, 0.25) is 5.02 Å². The number of nitrogens with one attached hydrogen (secondary N) is 1. The molecule has 0 unspecified atom stereocenters. The Balaban J connectivity index is 2.02. The van der Waals surface area contributed by atoms with Crippen LogP contribution < -0.4 is 5.32 Å². The maximum atomic E-state index is 6.06. The summed E-state index contributed by atoms with van der Waals surface area (Å²) >= 11 is 7.88. The van der Waals surface area contributed by atoms with E-state index >= 15 is 0 Å². The van der Waals surface area contributed by atoms with Crippen molar-refractivity contribution in [1.82, 2.24) is 0 Å². The smallest absolute Gasteiger partial charge is 0.0494 e. The van der Waals surface area contributed by atoms with Crippen LogP contribution in [-0.4, -0.2) is 0 Å². The largest absolute Gasteiger partial charge is 0.380 e. The molecule has 1 aromatic carbocycles. The van der Waals surface area contributed by atoms with Gasteiger partial charge in [0, 0.05) is 27.0 Å². The maximum Gasteiger partial charge on any atom is 0.0494 e. The lowest BCUT2D eigenvalue weighted by Crippen LogP contribution is -1.97. The quantitative estimate of drug-likeness (QED) is 0.839. The molecule has 0 fully saturated rings. The Bertz CT molecular complexity index is 490. The Morgan fingerprint density at radius 3 is 2.62 bits per heavy atom. The minimum atomic E-state index is 0.812. The fourth-order valence-corrected chi connectivity index (χ4v) is 2.48. The van der Waals surface area contributed by atoms with Crippen LogP contribution in [0.4, 0.5) is 5.69 Å². The summed E-state index contributed by atoms with van der Waals surface area (Å²) in [4.78, 5) is 2.69. The predicted octanol–water partition coefficient (Wildman–Crippen LogP) is 4.63. The summed E-state index contributed by atoms with van der Waals surface area (Å²) < 4.78 is 0. The molecule has 16 heavy (non-hydrogen) atoms. The Kier molecular flexibility index (Phi) is 3.52. The second-order valence-corrected chi connectivity index (χ2v) is 5.61. The number of benzene rings is 1. The number of hydrogen-bond donors (Lipinski definition) is 1. The van der Waals surface area contributed by atoms with E-state index < -0.39 is 0 Å². The lowest BCUT2D eigenvalue weighted by atomic mass is 10.2. The summed E-state index contributed by atoms with van der Waals surface area (Å²) in [6.45, 7) is 4.99. The molecule has 0 saturated heterocycles. The monoisotopic (exact) mass is 251 g/mol. The molecule has 0 spiro atoms. The van der Waals surface area contributed by atoms with Gasteiger partial charge >= 0.3 is 0 Å². The molecule has 1 N–H and O–H groups in total. The summed E-state index contributed by atoms with van der Waals surface area (Å²) in [6.07, 6.45) is 0. The van der Waals surface area contributed by atoms with E-state index in [1.165, 1.54) is 9.75 Å². The molecule has 2 aromatic rings. The van der Waals surface area contributed by atoms with Gasteiger partial charge in [-0.1, -0.05) is 17.7 Å². The predicted molar refractivity (Wildman–Crippen MR) is 72.6 cm³/mol. The molecular weight excluding hydrogens is 238 g/mol. The van der Waals surface area contributed by atoms with E-state index in [1.807, 2.05) is 30.4 Å². The number of hydrogen-bond acceptors (Lipinski definition) is 2. The third kappa shape index (κ3) is 2.77. The zero-order chi connectivity index (χ0) is 11.5. The molecule has 1 heterocycles. The average molecular weight is 252 g/mol. The van der Waals surface area contributed by atoms with Gasteiger partial charge in [-0.25, -0.2) is 0 Å². The van der Waals surface area contributed by atoms with Gasteiger partial charge < -0.3 is 5.32 Å². The number of thiophene rings is 1. The highest BCUT2D eigenvalue weighted by Crippen LogP contribution is 2.21. The van der Waals surface area contributed by atoms with Gasteiger partial charge in [-0.05, 0) is 43.7 Å². The molecule has 0 aliphatic rings. The first-order valence-electron chi connectivity index (χ1n) is 5.20. The molecule has 0 aliphatic heterocycles. The summed E-state index contributed by atoms with van der Waals surface area (Å²) in [5.74, 6) is 0. The summed E-state index contributed by atoms with van der Waals surface area (Å²) in [7, 11) is 0. The van der Waals surface area contributed by atoms with Crippen LogP contribution in [-0.2, 0) is 6.54 Å². The molecule has 1 nitrogen and oxygen atoms in total. The number of aryl methyl sites for hydroxylation is 2. The molecule has 0 amide bonds. The van der Waals surface area contributed by atoms with Gasteiger partial charge in [-0.2, -0.15) is 0 Å². The Hall–Kier alpha value is -0.990. The first kappa shape index (κ1) is 11.5. The zero-order valence-corrected chi connectivity index (χ0v) is 11.0. The van der Waals surface area contributed by atoms with Gasteiger partial charge in [0.25, 0.3) is 0 Å². The Labute approximate surface area is 105 Å². The first-order valence-corrected chi connectivity index (χ1v) is 6.40. The van der Waals surface area contributed by atoms with Gasteiger partial charge in [-0.15, -0.1) is 11.3 Å². The minimum Gasteiger partial charge on any atom is -0.380 e. The van der Waals surface area contributed by atoms with Gasteiger partial charge in [0.15, 0.2) is 0 Å². The third-order valence-corrected chi connectivity index (χ3v) is 3.84. The Morgan fingerprint density at radius 1 is 1.19 bits per heavy atom. The van der Waals surface area contributed by atoms with Crippen molar-refractivity contribution in [1.29, 1.82) is 0 Å². The fraction of sp³-hybridized carbons (Fsp3) is 0.231. The van der Waals surface area contributed by atoms with Crippen molar-refractivity contribution in [2.45, 2.75) is 20.4 Å². The molecule has 0 bridgehead atoms. The molecule has 0 aliphatic carbocycles. The van der Waals surface area contributed by atoms with Gasteiger partial charge in [0.2, 0.25) is 0 Å². The van der Waals surface area contributed by atoms with Crippen LogP contribution in [0.25, 0.3) is 0 Å². The molecular formula is C13H14ClNS. The molecule has 1 aromatic heterocycles. The third-order valence-electron chi connectivity index (χ3n) is 2.43.